The average Bonchev–Trinajstić information content (AvgIpc) is 3.82. The fourth-order valence-corrected chi connectivity index (χ4v) is 17.5. The topological polar surface area (TPSA) is 44.2 Å². The van der Waals surface area contributed by atoms with Crippen LogP contribution in [0.4, 0.5) is 0 Å². The molecule has 0 amide bonds. The first kappa shape index (κ1) is 57.8. The van der Waals surface area contributed by atoms with Crippen LogP contribution in [0, 0.1) is 0 Å². The van der Waals surface area contributed by atoms with Gasteiger partial charge in [0.15, 0.2) is 16.6 Å². The molecule has 0 N–H and O–H groups in total. The first-order chi connectivity index (χ1) is 26.7. The van der Waals surface area contributed by atoms with Crippen molar-refractivity contribution in [1.29, 1.82) is 0 Å². The zero-order chi connectivity index (χ0) is 43.6. The molecule has 0 bridgehead atoms. The summed E-state index contributed by atoms with van der Waals surface area (Å²) in [6, 6.07) is 0. The highest BCUT2D eigenvalue weighted by atomic mass is 35.5. The lowest BCUT2D eigenvalue weighted by molar-refractivity contribution is 0.275. The minimum atomic E-state index is -1.70. The molecule has 2 aromatic rings. The van der Waals surface area contributed by atoms with Gasteiger partial charge in [0.05, 0.1) is 49.0 Å². The lowest BCUT2D eigenvalue weighted by Gasteiger charge is -2.35. The van der Waals surface area contributed by atoms with Crippen LogP contribution in [0.25, 0.3) is 0 Å². The fraction of sp³-hybridized carbons (Fsp3) is 0.870. The number of hydrogen-bond acceptors (Lipinski definition) is 6. The molecule has 57 heavy (non-hydrogen) atoms. The van der Waals surface area contributed by atoms with E-state index in [0.29, 0.717) is 27.0 Å². The fourth-order valence-electron chi connectivity index (χ4n) is 5.76. The summed E-state index contributed by atoms with van der Waals surface area (Å²) >= 11 is 9.16. The van der Waals surface area contributed by atoms with Gasteiger partial charge >= 0.3 is 0 Å². The van der Waals surface area contributed by atoms with Crippen LogP contribution in [0.3, 0.4) is 0 Å². The van der Waals surface area contributed by atoms with Crippen LogP contribution < -0.4 is 0 Å². The number of alkyl halides is 1. The maximum Gasteiger partial charge on any atom is 0.192 e. The Morgan fingerprint density at radius 3 is 1.21 bits per heavy atom. The van der Waals surface area contributed by atoms with E-state index in [-0.39, 0.29) is 10.1 Å². The summed E-state index contributed by atoms with van der Waals surface area (Å²) in [6.07, 6.45) is 27.0. The second-order valence-corrected chi connectivity index (χ2v) is 38.1. The molecule has 0 aliphatic rings. The van der Waals surface area contributed by atoms with E-state index in [1.54, 1.807) is 29.8 Å². The molecule has 0 atom stereocenters. The zero-order valence-corrected chi connectivity index (χ0v) is 46.7. The molecule has 0 unspecified atom stereocenters. The van der Waals surface area contributed by atoms with Crippen LogP contribution in [0.1, 0.15) is 182 Å². The van der Waals surface area contributed by atoms with Gasteiger partial charge < -0.3 is 8.85 Å². The molecule has 0 aliphatic heterocycles. The van der Waals surface area contributed by atoms with Gasteiger partial charge in [0.25, 0.3) is 0 Å². The summed E-state index contributed by atoms with van der Waals surface area (Å²) in [4.78, 5) is 9.45. The predicted octanol–water partition coefficient (Wildman–Crippen LogP) is 17.9. The normalized spacial score (nSPS) is 12.7. The van der Waals surface area contributed by atoms with Crippen molar-refractivity contribution in [2.75, 3.05) is 37.0 Å². The molecule has 11 heteroatoms. The Balaban J connectivity index is 0.000000912. The molecule has 0 saturated carbocycles. The van der Waals surface area contributed by atoms with Crippen LogP contribution in [0.2, 0.25) is 36.3 Å². The quantitative estimate of drug-likeness (QED) is 0.0509. The van der Waals surface area contributed by atoms with Crippen molar-refractivity contribution in [3.8, 4) is 0 Å². The molecule has 0 saturated heterocycles. The number of unbranched alkanes of at least 4 members (excludes halogenated alkanes) is 6. The number of thiazole rings is 2. The predicted molar refractivity (Wildman–Crippen MR) is 274 cm³/mol. The molecule has 0 aromatic carbocycles. The molecule has 0 fully saturated rings. The van der Waals surface area contributed by atoms with E-state index in [9.17, 15) is 0 Å². The Morgan fingerprint density at radius 2 is 0.912 bits per heavy atom. The Morgan fingerprint density at radius 1 is 0.579 bits per heavy atom. The maximum absolute atomic E-state index is 6.41. The third-order valence-corrected chi connectivity index (χ3v) is 30.6. The third kappa shape index (κ3) is 24.9. The maximum atomic E-state index is 6.41. The van der Waals surface area contributed by atoms with Gasteiger partial charge in [-0.25, -0.2) is 9.97 Å². The number of hydrogen-bond donors (Lipinski definition) is 0. The van der Waals surface area contributed by atoms with Crippen molar-refractivity contribution >= 4 is 66.1 Å². The second kappa shape index (κ2) is 30.8. The van der Waals surface area contributed by atoms with E-state index < -0.39 is 23.9 Å². The Kier molecular flexibility index (Phi) is 31.2. The summed E-state index contributed by atoms with van der Waals surface area (Å²) in [7, 11) is -3.86. The van der Waals surface area contributed by atoms with Gasteiger partial charge in [-0.15, -0.1) is 42.2 Å². The standard InChI is InChI=1S/C23H47NOPSSi.C12H27P.C11H20ClNOSSi/c1-9-12-15-26(16-13-10-2,17-14-11-3)19-21-20-27-22(24-21)18-25-28(7,8)23(4,5)6;1-4-7-10-13(11-8-5-2)12-9-6-3;1-11(2,3)16(4,5)14-7-10-13-9(6-12)8-15-10/h20H,9-19H2,1-8H3;4-12H2,1-3H3;8H,6-7H2,1-5H3/q+1;;. The Bertz CT molecular complexity index is 1220. The monoisotopic (exact) mass is 924 g/mol. The first-order valence-corrected chi connectivity index (χ1v) is 35.5. The number of aromatic nitrogens is 2. The molecular formula is C46H94ClN2O2P2S2Si2+. The molecule has 2 aromatic heterocycles. The number of rotatable bonds is 27. The Labute approximate surface area is 373 Å². The smallest absolute Gasteiger partial charge is 0.192 e. The number of halogens is 1. The summed E-state index contributed by atoms with van der Waals surface area (Å²) < 4.78 is 12.5. The highest BCUT2D eigenvalue weighted by Crippen LogP contribution is 2.63. The largest absolute Gasteiger partial charge is 0.410 e. The zero-order valence-electron chi connectivity index (χ0n) is 40.5. The van der Waals surface area contributed by atoms with Crippen molar-refractivity contribution < 1.29 is 8.85 Å². The molecule has 0 spiro atoms. The van der Waals surface area contributed by atoms with Crippen molar-refractivity contribution in [1.82, 2.24) is 9.97 Å². The van der Waals surface area contributed by atoms with Crippen LogP contribution >= 0.6 is 49.5 Å². The van der Waals surface area contributed by atoms with Crippen LogP contribution in [-0.4, -0.2) is 63.6 Å². The summed E-state index contributed by atoms with van der Waals surface area (Å²) in [5.74, 6) is 0.483. The highest BCUT2D eigenvalue weighted by molar-refractivity contribution is 7.75. The molecule has 0 aliphatic carbocycles. The van der Waals surface area contributed by atoms with E-state index >= 15 is 0 Å². The summed E-state index contributed by atoms with van der Waals surface area (Å²) in [6.45, 7) is 38.1. The van der Waals surface area contributed by atoms with Gasteiger partial charge in [-0.1, -0.05) is 122 Å². The lowest BCUT2D eigenvalue weighted by atomic mass is 10.2. The molecular weight excluding hydrogens is 830 g/mol. The van der Waals surface area contributed by atoms with Crippen LogP contribution in [-0.2, 0) is 34.1 Å². The van der Waals surface area contributed by atoms with Gasteiger partial charge in [0, 0.05) is 18.0 Å². The van der Waals surface area contributed by atoms with E-state index in [1.807, 2.05) is 16.7 Å². The highest BCUT2D eigenvalue weighted by Gasteiger charge is 2.39. The van der Waals surface area contributed by atoms with Gasteiger partial charge in [0.2, 0.25) is 0 Å². The van der Waals surface area contributed by atoms with E-state index in [4.69, 9.17) is 25.4 Å². The van der Waals surface area contributed by atoms with E-state index in [2.05, 4.69) is 120 Å². The van der Waals surface area contributed by atoms with Gasteiger partial charge in [0.1, 0.15) is 16.2 Å². The molecule has 2 rings (SSSR count). The molecule has 0 radical (unpaired) electrons. The molecule has 4 nitrogen and oxygen atoms in total. The molecule has 336 valence electrons. The van der Waals surface area contributed by atoms with Crippen LogP contribution in [0.15, 0.2) is 10.8 Å². The average molecular weight is 925 g/mol. The Hall–Kier alpha value is 0.764. The van der Waals surface area contributed by atoms with Crippen LogP contribution in [0.5, 0.6) is 0 Å². The van der Waals surface area contributed by atoms with Gasteiger partial charge in [-0.3, -0.25) is 0 Å². The minimum absolute atomic E-state index is 0.250. The third-order valence-electron chi connectivity index (χ3n) is 12.0. The minimum Gasteiger partial charge on any atom is -0.410 e. The van der Waals surface area contributed by atoms with Crippen molar-refractivity contribution in [2.24, 2.45) is 0 Å². The number of nitrogens with zero attached hydrogens (tertiary/aromatic N) is 2. The van der Waals surface area contributed by atoms with Crippen molar-refractivity contribution in [3.05, 3.63) is 32.2 Å². The van der Waals surface area contributed by atoms with E-state index in [0.717, 1.165) is 10.7 Å². The van der Waals surface area contributed by atoms with Crippen molar-refractivity contribution in [2.45, 2.75) is 222 Å². The van der Waals surface area contributed by atoms with Gasteiger partial charge in [-0.05, 0) is 93.3 Å². The molecule has 2 heterocycles. The lowest BCUT2D eigenvalue weighted by Crippen LogP contribution is -2.40. The first-order valence-electron chi connectivity index (χ1n) is 23.0. The summed E-state index contributed by atoms with van der Waals surface area (Å²) in [5.41, 5.74) is 2.30. The summed E-state index contributed by atoms with van der Waals surface area (Å²) in [5, 5.41) is 7.05. The van der Waals surface area contributed by atoms with E-state index in [1.165, 1.54) is 112 Å². The van der Waals surface area contributed by atoms with Crippen molar-refractivity contribution in [3.63, 3.8) is 0 Å². The SMILES string of the molecule is CC(C)(C)[Si](C)(C)OCc1nc(CCl)cs1.CCCCP(CCCC)CCCC.CCCC[P+](CCCC)(CCCC)Cc1csc(CO[Si](C)(C)C(C)(C)C)n1. The van der Waals surface area contributed by atoms with Gasteiger partial charge in [-0.2, -0.15) is 0 Å². The second-order valence-electron chi connectivity index (χ2n) is 19.3.